The van der Waals surface area contributed by atoms with Crippen molar-refractivity contribution in [2.75, 3.05) is 18.4 Å². The minimum atomic E-state index is -0.793. The highest BCUT2D eigenvalue weighted by molar-refractivity contribution is 5.95. The molecule has 3 aromatic rings. The lowest BCUT2D eigenvalue weighted by molar-refractivity contribution is -0.0364. The van der Waals surface area contributed by atoms with E-state index >= 15 is 0 Å². The van der Waals surface area contributed by atoms with Crippen LogP contribution in [-0.2, 0) is 10.3 Å². The van der Waals surface area contributed by atoms with Gasteiger partial charge in [0, 0.05) is 37.1 Å². The zero-order valence-electron chi connectivity index (χ0n) is 16.6. The Morgan fingerprint density at radius 2 is 1.84 bits per heavy atom. The maximum atomic E-state index is 12.7. The third-order valence-corrected chi connectivity index (χ3v) is 5.82. The van der Waals surface area contributed by atoms with Crippen LogP contribution < -0.4 is 5.32 Å². The number of hydrogen-bond acceptors (Lipinski definition) is 6. The van der Waals surface area contributed by atoms with Gasteiger partial charge in [-0.05, 0) is 18.2 Å². The van der Waals surface area contributed by atoms with Crippen molar-refractivity contribution in [1.29, 1.82) is 0 Å². The minimum Gasteiger partial charge on any atom is -0.508 e. The number of ether oxygens (including phenoxy) is 1. The number of anilines is 1. The number of piperidine rings is 1. The number of nitrogens with one attached hydrogen (secondary N) is 1. The third-order valence-electron chi connectivity index (χ3n) is 5.82. The maximum Gasteiger partial charge on any atom is 0.339 e. The van der Waals surface area contributed by atoms with Gasteiger partial charge in [0.05, 0.1) is 23.7 Å². The number of hydrogen-bond donors (Lipinski definition) is 2. The quantitative estimate of drug-likeness (QED) is 0.619. The second-order valence-electron chi connectivity index (χ2n) is 7.68. The van der Waals surface area contributed by atoms with Crippen molar-refractivity contribution < 1.29 is 19.4 Å². The molecule has 0 unspecified atom stereocenters. The first kappa shape index (κ1) is 19.0. The summed E-state index contributed by atoms with van der Waals surface area (Å²) >= 11 is 0. The smallest absolute Gasteiger partial charge is 0.339 e. The summed E-state index contributed by atoms with van der Waals surface area (Å²) in [5.41, 5.74) is 2.05. The summed E-state index contributed by atoms with van der Waals surface area (Å²) < 4.78 is 5.69. The minimum absolute atomic E-state index is 0.0918. The van der Waals surface area contributed by atoms with Crippen LogP contribution in [0.3, 0.4) is 0 Å². The van der Waals surface area contributed by atoms with Crippen LogP contribution in [0.4, 0.5) is 10.6 Å². The summed E-state index contributed by atoms with van der Waals surface area (Å²) in [5, 5.41) is 12.6. The van der Waals surface area contributed by atoms with Crippen LogP contribution in [0.5, 0.6) is 5.75 Å². The molecule has 1 saturated heterocycles. The molecule has 1 aromatic heterocycles. The van der Waals surface area contributed by atoms with Gasteiger partial charge in [0.25, 0.3) is 0 Å². The van der Waals surface area contributed by atoms with Gasteiger partial charge in [-0.1, -0.05) is 30.3 Å². The Morgan fingerprint density at radius 3 is 2.55 bits per heavy atom. The fourth-order valence-electron chi connectivity index (χ4n) is 4.16. The van der Waals surface area contributed by atoms with E-state index in [1.54, 1.807) is 23.2 Å². The molecular formula is C23H20N4O4. The van der Waals surface area contributed by atoms with Crippen LogP contribution in [0.1, 0.15) is 28.8 Å². The van der Waals surface area contributed by atoms with Crippen molar-refractivity contribution in [2.24, 2.45) is 0 Å². The summed E-state index contributed by atoms with van der Waals surface area (Å²) in [5.74, 6) is 0.0725. The van der Waals surface area contributed by atoms with Gasteiger partial charge in [-0.15, -0.1) is 0 Å². The molecule has 0 aliphatic carbocycles. The standard InChI is InChI=1S/C23H20N4O4/c28-16-6-7-17-18(12-16)23(31-21(17)29)8-10-27(11-9-23)22(30)26-20-14-24-19(13-25-20)15-4-2-1-3-5-15/h1-7,12-14,28H,8-11H2,(H,25,26,30). The number of carbonyl (C=O) groups is 2. The van der Waals surface area contributed by atoms with E-state index in [9.17, 15) is 14.7 Å². The lowest BCUT2D eigenvalue weighted by Gasteiger charge is -2.38. The Balaban J connectivity index is 1.24. The van der Waals surface area contributed by atoms with Gasteiger partial charge >= 0.3 is 12.0 Å². The zero-order valence-corrected chi connectivity index (χ0v) is 16.6. The maximum absolute atomic E-state index is 12.7. The van der Waals surface area contributed by atoms with Gasteiger partial charge in [-0.2, -0.15) is 0 Å². The van der Waals surface area contributed by atoms with Gasteiger partial charge < -0.3 is 14.7 Å². The molecule has 2 amide bonds. The van der Waals surface area contributed by atoms with E-state index in [-0.39, 0.29) is 17.7 Å². The summed E-state index contributed by atoms with van der Waals surface area (Å²) in [4.78, 5) is 35.2. The van der Waals surface area contributed by atoms with Crippen molar-refractivity contribution in [3.05, 3.63) is 72.1 Å². The first-order valence-electron chi connectivity index (χ1n) is 10.0. The number of urea groups is 1. The number of phenolic OH excluding ortho intramolecular Hbond substituents is 1. The Bertz CT molecular complexity index is 1140. The molecule has 3 heterocycles. The van der Waals surface area contributed by atoms with Crippen molar-refractivity contribution in [3.8, 4) is 17.0 Å². The lowest BCUT2D eigenvalue weighted by Crippen LogP contribution is -2.46. The fourth-order valence-corrected chi connectivity index (χ4v) is 4.16. The number of fused-ring (bicyclic) bond motifs is 2. The third kappa shape index (κ3) is 3.46. The first-order chi connectivity index (χ1) is 15.0. The van der Waals surface area contributed by atoms with Gasteiger partial charge in [0.15, 0.2) is 5.82 Å². The van der Waals surface area contributed by atoms with Gasteiger partial charge in [0.2, 0.25) is 0 Å². The monoisotopic (exact) mass is 416 g/mol. The molecule has 0 saturated carbocycles. The van der Waals surface area contributed by atoms with Crippen molar-refractivity contribution in [3.63, 3.8) is 0 Å². The van der Waals surface area contributed by atoms with Crippen LogP contribution in [0.25, 0.3) is 11.3 Å². The van der Waals surface area contributed by atoms with E-state index in [0.717, 1.165) is 11.3 Å². The number of aromatic hydroxyl groups is 1. The van der Waals surface area contributed by atoms with Gasteiger partial charge in [0.1, 0.15) is 11.4 Å². The van der Waals surface area contributed by atoms with Crippen molar-refractivity contribution >= 4 is 17.8 Å². The molecule has 2 aromatic carbocycles. The number of benzene rings is 2. The van der Waals surface area contributed by atoms with Gasteiger partial charge in [-0.25, -0.2) is 14.6 Å². The molecule has 1 spiro atoms. The van der Waals surface area contributed by atoms with E-state index in [1.165, 1.54) is 12.3 Å². The molecule has 2 aliphatic rings. The van der Waals surface area contributed by atoms with E-state index in [0.29, 0.717) is 42.9 Å². The van der Waals surface area contributed by atoms with Crippen LogP contribution >= 0.6 is 0 Å². The Labute approximate surface area is 178 Å². The molecule has 31 heavy (non-hydrogen) atoms. The molecule has 0 bridgehead atoms. The summed E-state index contributed by atoms with van der Waals surface area (Å²) in [6, 6.07) is 14.0. The summed E-state index contributed by atoms with van der Waals surface area (Å²) in [6.07, 6.45) is 4.07. The number of phenols is 1. The average Bonchev–Trinajstić information content (AvgIpc) is 3.05. The second-order valence-corrected chi connectivity index (χ2v) is 7.68. The van der Waals surface area contributed by atoms with E-state index in [2.05, 4.69) is 15.3 Å². The van der Waals surface area contributed by atoms with Crippen LogP contribution in [0.15, 0.2) is 60.9 Å². The Hall–Kier alpha value is -3.94. The van der Waals surface area contributed by atoms with Crippen LogP contribution in [0.2, 0.25) is 0 Å². The SMILES string of the molecule is O=C1OC2(CCN(C(=O)Nc3cnc(-c4ccccc4)cn3)CC2)c2cc(O)ccc21. The summed E-state index contributed by atoms with van der Waals surface area (Å²) in [7, 11) is 0. The Kier molecular flexibility index (Phi) is 4.54. The highest BCUT2D eigenvalue weighted by Crippen LogP contribution is 2.45. The van der Waals surface area contributed by atoms with E-state index < -0.39 is 5.60 Å². The molecular weight excluding hydrogens is 396 g/mol. The average molecular weight is 416 g/mol. The topological polar surface area (TPSA) is 105 Å². The van der Waals surface area contributed by atoms with Crippen LogP contribution in [0, 0.1) is 0 Å². The molecule has 156 valence electrons. The van der Waals surface area contributed by atoms with Crippen molar-refractivity contribution in [2.45, 2.75) is 18.4 Å². The zero-order chi connectivity index (χ0) is 21.4. The molecule has 8 nitrogen and oxygen atoms in total. The van der Waals surface area contributed by atoms with E-state index in [1.807, 2.05) is 30.3 Å². The molecule has 2 aliphatic heterocycles. The van der Waals surface area contributed by atoms with Gasteiger partial charge in [-0.3, -0.25) is 10.3 Å². The normalized spacial score (nSPS) is 16.6. The molecule has 5 rings (SSSR count). The number of aromatic nitrogens is 2. The largest absolute Gasteiger partial charge is 0.508 e. The predicted molar refractivity (Wildman–Crippen MR) is 112 cm³/mol. The molecule has 0 atom stereocenters. The lowest BCUT2D eigenvalue weighted by atomic mass is 9.83. The number of esters is 1. The number of likely N-dealkylation sites (tertiary alicyclic amines) is 1. The highest BCUT2D eigenvalue weighted by Gasteiger charge is 2.48. The number of nitrogens with zero attached hydrogens (tertiary/aromatic N) is 3. The second kappa shape index (κ2) is 7.39. The predicted octanol–water partition coefficient (Wildman–Crippen LogP) is 3.54. The number of rotatable bonds is 2. The molecule has 2 N–H and O–H groups in total. The van der Waals surface area contributed by atoms with E-state index in [4.69, 9.17) is 4.74 Å². The number of carbonyl (C=O) groups excluding carboxylic acids is 2. The highest BCUT2D eigenvalue weighted by atomic mass is 16.6. The van der Waals surface area contributed by atoms with Crippen molar-refractivity contribution in [1.82, 2.24) is 14.9 Å². The number of amides is 2. The molecule has 1 fully saturated rings. The Morgan fingerprint density at radius 1 is 1.06 bits per heavy atom. The molecule has 8 heteroatoms. The summed E-state index contributed by atoms with van der Waals surface area (Å²) in [6.45, 7) is 0.813. The van der Waals surface area contributed by atoms with Crippen LogP contribution in [-0.4, -0.2) is 45.1 Å². The molecule has 0 radical (unpaired) electrons. The first-order valence-corrected chi connectivity index (χ1v) is 10.0. The fraction of sp³-hybridized carbons (Fsp3) is 0.217.